The van der Waals surface area contributed by atoms with Crippen molar-refractivity contribution in [3.63, 3.8) is 0 Å². The maximum absolute atomic E-state index is 12.4. The van der Waals surface area contributed by atoms with Crippen LogP contribution in [0.3, 0.4) is 0 Å². The Hall–Kier alpha value is -1.86. The summed E-state index contributed by atoms with van der Waals surface area (Å²) < 4.78 is 6.05. The molecule has 6 nitrogen and oxygen atoms in total. The molecule has 7 heteroatoms. The lowest BCUT2D eigenvalue weighted by Gasteiger charge is -2.35. The van der Waals surface area contributed by atoms with E-state index in [9.17, 15) is 14.7 Å². The fourth-order valence-corrected chi connectivity index (χ4v) is 4.65. The van der Waals surface area contributed by atoms with E-state index in [0.717, 1.165) is 25.7 Å². The van der Waals surface area contributed by atoms with Crippen LogP contribution in [-0.2, 0) is 4.74 Å². The van der Waals surface area contributed by atoms with Gasteiger partial charge in [-0.2, -0.15) is 0 Å². The Morgan fingerprint density at radius 2 is 2.09 bits per heavy atom. The van der Waals surface area contributed by atoms with Crippen LogP contribution < -0.4 is 5.56 Å². The summed E-state index contributed by atoms with van der Waals surface area (Å²) in [6.07, 6.45) is 3.65. The molecule has 2 N–H and O–H groups in total. The van der Waals surface area contributed by atoms with Gasteiger partial charge in [-0.1, -0.05) is 0 Å². The molecule has 4 heterocycles. The Kier molecular flexibility index (Phi) is 3.42. The van der Waals surface area contributed by atoms with E-state index in [4.69, 9.17) is 4.74 Å². The number of esters is 1. The lowest BCUT2D eigenvalue weighted by atomic mass is 10.0. The number of thiophene rings is 1. The third kappa shape index (κ3) is 2.35. The Labute approximate surface area is 136 Å². The molecule has 0 spiro atoms. The Morgan fingerprint density at radius 1 is 1.39 bits per heavy atom. The fraction of sp³-hybridized carbons (Fsp3) is 0.500. The van der Waals surface area contributed by atoms with Crippen molar-refractivity contribution in [2.24, 2.45) is 0 Å². The van der Waals surface area contributed by atoms with Gasteiger partial charge in [-0.15, -0.1) is 11.3 Å². The van der Waals surface area contributed by atoms with Crippen molar-refractivity contribution in [3.05, 3.63) is 27.4 Å². The molecule has 4 rings (SSSR count). The van der Waals surface area contributed by atoms with Gasteiger partial charge in [0.2, 0.25) is 0 Å². The van der Waals surface area contributed by atoms with Crippen LogP contribution >= 0.6 is 11.3 Å². The van der Waals surface area contributed by atoms with Crippen LogP contribution in [0.2, 0.25) is 0 Å². The molecule has 2 bridgehead atoms. The highest BCUT2D eigenvalue weighted by Gasteiger charge is 2.40. The van der Waals surface area contributed by atoms with Gasteiger partial charge in [0, 0.05) is 24.9 Å². The first-order valence-electron chi connectivity index (χ1n) is 7.80. The zero-order chi connectivity index (χ0) is 16.1. The van der Waals surface area contributed by atoms with E-state index in [1.165, 1.54) is 11.3 Å². The normalized spacial score (nSPS) is 27.4. The third-order valence-corrected chi connectivity index (χ3v) is 6.05. The zero-order valence-corrected chi connectivity index (χ0v) is 13.6. The fourth-order valence-electron chi connectivity index (χ4n) is 3.85. The molecular formula is C16H18N2O4S. The van der Waals surface area contributed by atoms with E-state index >= 15 is 0 Å². The zero-order valence-electron chi connectivity index (χ0n) is 12.7. The highest BCUT2D eigenvalue weighted by molar-refractivity contribution is 7.17. The average Bonchev–Trinajstić information content (AvgIpc) is 3.02. The number of ether oxygens (including phenoxy) is 1. The number of hydrogen-bond donors (Lipinski definition) is 2. The lowest BCUT2D eigenvalue weighted by molar-refractivity contribution is -0.000802. The van der Waals surface area contributed by atoms with Crippen molar-refractivity contribution >= 4 is 27.5 Å². The number of nitrogens with one attached hydrogen (secondary N) is 1. The van der Waals surface area contributed by atoms with Gasteiger partial charge in [0.15, 0.2) is 11.3 Å². The van der Waals surface area contributed by atoms with E-state index in [1.54, 1.807) is 11.4 Å². The monoisotopic (exact) mass is 334 g/mol. The summed E-state index contributed by atoms with van der Waals surface area (Å²) in [5, 5.41) is 12.0. The van der Waals surface area contributed by atoms with Crippen LogP contribution in [0.25, 0.3) is 10.2 Å². The summed E-state index contributed by atoms with van der Waals surface area (Å²) in [6, 6.07) is 2.58. The molecule has 0 amide bonds. The predicted molar refractivity (Wildman–Crippen MR) is 87.1 cm³/mol. The van der Waals surface area contributed by atoms with Gasteiger partial charge in [0.05, 0.1) is 10.2 Å². The smallest absolute Gasteiger partial charge is 0.347 e. The lowest BCUT2D eigenvalue weighted by Crippen LogP contribution is -2.43. The maximum Gasteiger partial charge on any atom is 0.347 e. The van der Waals surface area contributed by atoms with Crippen LogP contribution in [0.4, 0.5) is 0 Å². The number of H-pyrrole nitrogens is 1. The minimum Gasteiger partial charge on any atom is -0.505 e. The number of aromatic hydroxyl groups is 1. The molecular weight excluding hydrogens is 316 g/mol. The molecule has 0 aromatic carbocycles. The minimum atomic E-state index is -0.729. The Morgan fingerprint density at radius 3 is 2.78 bits per heavy atom. The number of pyridine rings is 1. The number of hydrogen-bond acceptors (Lipinski definition) is 6. The van der Waals surface area contributed by atoms with Crippen LogP contribution in [0, 0.1) is 0 Å². The van der Waals surface area contributed by atoms with Crippen molar-refractivity contribution in [1.82, 2.24) is 9.88 Å². The van der Waals surface area contributed by atoms with Crippen molar-refractivity contribution < 1.29 is 14.6 Å². The van der Waals surface area contributed by atoms with E-state index < -0.39 is 11.5 Å². The van der Waals surface area contributed by atoms with Gasteiger partial charge in [0.25, 0.3) is 5.56 Å². The third-order valence-electron chi connectivity index (χ3n) is 5.13. The van der Waals surface area contributed by atoms with E-state index in [1.807, 2.05) is 0 Å². The number of piperidine rings is 1. The second kappa shape index (κ2) is 5.35. The van der Waals surface area contributed by atoms with Gasteiger partial charge >= 0.3 is 5.97 Å². The molecule has 2 aromatic rings. The highest BCUT2D eigenvalue weighted by atomic mass is 32.1. The molecule has 23 heavy (non-hydrogen) atoms. The second-order valence-corrected chi connectivity index (χ2v) is 7.31. The number of nitrogens with zero attached hydrogens (tertiary/aromatic N) is 1. The average molecular weight is 334 g/mol. The quantitative estimate of drug-likeness (QED) is 0.822. The van der Waals surface area contributed by atoms with Gasteiger partial charge in [-0.3, -0.25) is 4.79 Å². The Bertz CT molecular complexity index is 813. The minimum absolute atomic E-state index is 0.186. The highest BCUT2D eigenvalue weighted by Crippen LogP contribution is 2.36. The first-order valence-corrected chi connectivity index (χ1v) is 8.68. The second-order valence-electron chi connectivity index (χ2n) is 6.39. The van der Waals surface area contributed by atoms with Crippen molar-refractivity contribution in [2.45, 2.75) is 43.9 Å². The van der Waals surface area contributed by atoms with Crippen LogP contribution in [0.15, 0.2) is 16.2 Å². The largest absolute Gasteiger partial charge is 0.505 e. The molecule has 0 saturated carbocycles. The first kappa shape index (κ1) is 14.7. The van der Waals surface area contributed by atoms with Crippen molar-refractivity contribution in [3.8, 4) is 5.75 Å². The molecule has 2 aromatic heterocycles. The molecule has 0 aliphatic carbocycles. The van der Waals surface area contributed by atoms with E-state index in [2.05, 4.69) is 16.9 Å². The van der Waals surface area contributed by atoms with Gasteiger partial charge in [-0.05, 0) is 31.3 Å². The van der Waals surface area contributed by atoms with Gasteiger partial charge in [-0.25, -0.2) is 4.79 Å². The van der Waals surface area contributed by atoms with Gasteiger partial charge in [0.1, 0.15) is 6.10 Å². The first-order chi connectivity index (χ1) is 11.0. The summed E-state index contributed by atoms with van der Waals surface area (Å²) in [7, 11) is 2.11. The van der Waals surface area contributed by atoms with E-state index in [0.29, 0.717) is 22.3 Å². The number of aromatic nitrogens is 1. The number of aromatic amines is 1. The molecule has 2 fully saturated rings. The van der Waals surface area contributed by atoms with Gasteiger partial charge < -0.3 is 19.7 Å². The molecule has 0 radical (unpaired) electrons. The number of rotatable bonds is 2. The summed E-state index contributed by atoms with van der Waals surface area (Å²) in [5.74, 6) is -1.01. The maximum atomic E-state index is 12.4. The number of carbonyl (C=O) groups is 1. The van der Waals surface area contributed by atoms with Crippen LogP contribution in [0.5, 0.6) is 5.75 Å². The topological polar surface area (TPSA) is 82.6 Å². The summed E-state index contributed by atoms with van der Waals surface area (Å²) in [4.78, 5) is 29.5. The Balaban J connectivity index is 1.59. The molecule has 2 saturated heterocycles. The van der Waals surface area contributed by atoms with Crippen LogP contribution in [0.1, 0.15) is 36.0 Å². The molecule has 2 atom stereocenters. The SMILES string of the molecule is CN1C2CCC1CC(OC(=O)c1c(O)c3sccc3[nH]c1=O)C2. The standard InChI is InChI=1S/C16H18N2O4S/c1-18-8-2-3-9(18)7-10(6-8)22-16(21)12-13(19)14-11(4-5-23-14)17-15(12)20/h4-5,8-10H,2-3,6-7H2,1H3,(H2,17,19,20). The summed E-state index contributed by atoms with van der Waals surface area (Å²) in [5.41, 5.74) is -0.355. The number of carbonyl (C=O) groups excluding carboxylic acids is 1. The molecule has 122 valence electrons. The summed E-state index contributed by atoms with van der Waals surface area (Å²) >= 11 is 1.28. The molecule has 2 aliphatic heterocycles. The number of fused-ring (bicyclic) bond motifs is 3. The van der Waals surface area contributed by atoms with E-state index in [-0.39, 0.29) is 17.4 Å². The molecule has 2 unspecified atom stereocenters. The van der Waals surface area contributed by atoms with Crippen molar-refractivity contribution in [2.75, 3.05) is 7.05 Å². The van der Waals surface area contributed by atoms with Crippen molar-refractivity contribution in [1.29, 1.82) is 0 Å². The predicted octanol–water partition coefficient (Wildman–Crippen LogP) is 2.08. The van der Waals surface area contributed by atoms with Crippen LogP contribution in [-0.4, -0.2) is 46.2 Å². The summed E-state index contributed by atoms with van der Waals surface area (Å²) in [6.45, 7) is 0. The molecule has 2 aliphatic rings.